The summed E-state index contributed by atoms with van der Waals surface area (Å²) in [6.07, 6.45) is -1.03. The van der Waals surface area contributed by atoms with Crippen LogP contribution in [0.2, 0.25) is 0 Å². The molecule has 0 radical (unpaired) electrons. The van der Waals surface area contributed by atoms with E-state index in [1.165, 1.54) is 47.4 Å². The molecule has 1 N–H and O–H groups in total. The van der Waals surface area contributed by atoms with E-state index in [1.807, 2.05) is 0 Å². The highest BCUT2D eigenvalue weighted by molar-refractivity contribution is 5.72. The highest BCUT2D eigenvalue weighted by Crippen LogP contribution is 2.24. The van der Waals surface area contributed by atoms with Crippen molar-refractivity contribution >= 4 is 17.7 Å². The quantitative estimate of drug-likeness (QED) is 0.133. The Morgan fingerprint density at radius 1 is 0.952 bits per heavy atom. The first kappa shape index (κ1) is 31.8. The second-order valence-electron chi connectivity index (χ2n) is 9.20. The number of aliphatic carboxylic acids is 1. The summed E-state index contributed by atoms with van der Waals surface area (Å²) in [7, 11) is 0. The number of amides is 1. The Bertz CT molecular complexity index is 1330. The molecular formula is C30H33FN2O9. The van der Waals surface area contributed by atoms with Crippen molar-refractivity contribution in [2.45, 2.75) is 32.8 Å². The van der Waals surface area contributed by atoms with Crippen LogP contribution in [0.1, 0.15) is 24.5 Å². The molecule has 0 heterocycles. The predicted octanol–water partition coefficient (Wildman–Crippen LogP) is 5.42. The van der Waals surface area contributed by atoms with Gasteiger partial charge >= 0.3 is 12.1 Å². The van der Waals surface area contributed by atoms with Crippen molar-refractivity contribution in [3.05, 3.63) is 93.8 Å². The number of carboxylic acids is 1. The number of hydrogen-bond donors (Lipinski definition) is 1. The highest BCUT2D eigenvalue weighted by atomic mass is 19.1. The molecule has 0 saturated carbocycles. The molecule has 3 rings (SSSR count). The molecule has 224 valence electrons. The van der Waals surface area contributed by atoms with Crippen LogP contribution in [0.15, 0.2) is 66.7 Å². The SMILES string of the molecule is CCOC(Cc1ccc(OCCN(CCCOc2ccc(F)cc2)C(=O)Oc2ccc(C)c([N+](=O)[O-])c2)cc1)C(=O)O. The molecule has 1 amide bonds. The Morgan fingerprint density at radius 2 is 1.57 bits per heavy atom. The lowest BCUT2D eigenvalue weighted by molar-refractivity contribution is -0.385. The molecule has 0 aliphatic heterocycles. The molecule has 1 unspecified atom stereocenters. The van der Waals surface area contributed by atoms with Gasteiger partial charge in [-0.2, -0.15) is 0 Å². The molecule has 12 heteroatoms. The molecule has 11 nitrogen and oxygen atoms in total. The number of nitro groups is 1. The molecule has 0 fully saturated rings. The predicted molar refractivity (Wildman–Crippen MR) is 151 cm³/mol. The standard InChI is InChI=1S/C30H33FN2O9/c1-3-39-28(29(34)35)19-22-6-11-24(12-7-22)41-18-16-32(15-4-17-40-25-13-8-23(31)9-14-25)30(36)42-26-10-5-21(2)27(20-26)33(37)38/h5-14,20,28H,3-4,15-19H2,1-2H3,(H,34,35). The molecule has 3 aromatic rings. The number of halogens is 1. The lowest BCUT2D eigenvalue weighted by Gasteiger charge is -2.22. The number of nitrogens with zero attached hydrogens (tertiary/aromatic N) is 2. The first-order chi connectivity index (χ1) is 20.2. The molecule has 1 atom stereocenters. The monoisotopic (exact) mass is 584 g/mol. The van der Waals surface area contributed by atoms with Gasteiger partial charge in [0.05, 0.1) is 24.1 Å². The van der Waals surface area contributed by atoms with Gasteiger partial charge in [-0.25, -0.2) is 14.0 Å². The third-order valence-corrected chi connectivity index (χ3v) is 6.11. The van der Waals surface area contributed by atoms with E-state index >= 15 is 0 Å². The molecule has 0 aromatic heterocycles. The van der Waals surface area contributed by atoms with Crippen molar-refractivity contribution in [1.29, 1.82) is 0 Å². The number of ether oxygens (including phenoxy) is 4. The van der Waals surface area contributed by atoms with E-state index < -0.39 is 23.1 Å². The van der Waals surface area contributed by atoms with E-state index in [-0.39, 0.29) is 56.6 Å². The maximum Gasteiger partial charge on any atom is 0.415 e. The minimum atomic E-state index is -1.03. The summed E-state index contributed by atoms with van der Waals surface area (Å²) in [5, 5.41) is 20.6. The molecule has 0 aliphatic carbocycles. The minimum absolute atomic E-state index is 0.0353. The molecule has 0 saturated heterocycles. The maximum atomic E-state index is 13.1. The summed E-state index contributed by atoms with van der Waals surface area (Å²) in [6.45, 7) is 4.32. The van der Waals surface area contributed by atoms with E-state index in [4.69, 9.17) is 18.9 Å². The average Bonchev–Trinajstić information content (AvgIpc) is 2.96. The summed E-state index contributed by atoms with van der Waals surface area (Å²) < 4.78 is 35.2. The Hall–Kier alpha value is -4.71. The van der Waals surface area contributed by atoms with Crippen LogP contribution in [0.25, 0.3) is 0 Å². The molecule has 42 heavy (non-hydrogen) atoms. The molecule has 3 aromatic carbocycles. The van der Waals surface area contributed by atoms with Gasteiger partial charge in [-0.1, -0.05) is 12.1 Å². The summed E-state index contributed by atoms with van der Waals surface area (Å²) in [4.78, 5) is 36.5. The smallest absolute Gasteiger partial charge is 0.415 e. The molecule has 0 bridgehead atoms. The third-order valence-electron chi connectivity index (χ3n) is 6.11. The van der Waals surface area contributed by atoms with Crippen molar-refractivity contribution in [3.8, 4) is 17.2 Å². The van der Waals surface area contributed by atoms with Gasteiger partial charge in [0.15, 0.2) is 6.10 Å². The van der Waals surface area contributed by atoms with E-state index in [0.717, 1.165) is 5.56 Å². The number of hydrogen-bond acceptors (Lipinski definition) is 8. The van der Waals surface area contributed by atoms with Crippen LogP contribution < -0.4 is 14.2 Å². The molecular weight excluding hydrogens is 551 g/mol. The Balaban J connectivity index is 1.59. The Morgan fingerprint density at radius 3 is 2.19 bits per heavy atom. The van der Waals surface area contributed by atoms with Gasteiger partial charge in [-0.3, -0.25) is 10.1 Å². The van der Waals surface area contributed by atoms with Gasteiger partial charge in [0.25, 0.3) is 5.69 Å². The number of aryl methyl sites for hydroxylation is 1. The van der Waals surface area contributed by atoms with E-state index in [0.29, 0.717) is 23.5 Å². The zero-order valence-corrected chi connectivity index (χ0v) is 23.4. The molecule has 0 spiro atoms. The van der Waals surface area contributed by atoms with Crippen molar-refractivity contribution in [3.63, 3.8) is 0 Å². The van der Waals surface area contributed by atoms with Crippen molar-refractivity contribution in [2.24, 2.45) is 0 Å². The Labute approximate surface area is 242 Å². The van der Waals surface area contributed by atoms with Crippen molar-refractivity contribution in [1.82, 2.24) is 4.90 Å². The first-order valence-electron chi connectivity index (χ1n) is 13.3. The summed E-state index contributed by atoms with van der Waals surface area (Å²) in [6, 6.07) is 16.6. The summed E-state index contributed by atoms with van der Waals surface area (Å²) in [5.41, 5.74) is 1.04. The maximum absolute atomic E-state index is 13.1. The summed E-state index contributed by atoms with van der Waals surface area (Å²) >= 11 is 0. The third kappa shape index (κ3) is 10.0. The topological polar surface area (TPSA) is 138 Å². The van der Waals surface area contributed by atoms with Crippen molar-refractivity contribution < 1.29 is 43.0 Å². The fourth-order valence-corrected chi connectivity index (χ4v) is 3.91. The highest BCUT2D eigenvalue weighted by Gasteiger charge is 2.20. The van der Waals surface area contributed by atoms with Crippen LogP contribution in [0.4, 0.5) is 14.9 Å². The van der Waals surface area contributed by atoms with Crippen LogP contribution in [0, 0.1) is 22.9 Å². The minimum Gasteiger partial charge on any atom is -0.494 e. The van der Waals surface area contributed by atoms with Gasteiger partial charge < -0.3 is 29.0 Å². The average molecular weight is 585 g/mol. The van der Waals surface area contributed by atoms with Crippen LogP contribution >= 0.6 is 0 Å². The van der Waals surface area contributed by atoms with Crippen LogP contribution in [0.3, 0.4) is 0 Å². The van der Waals surface area contributed by atoms with Gasteiger partial charge in [0, 0.05) is 25.1 Å². The number of nitro benzene ring substituents is 1. The number of benzene rings is 3. The first-order valence-corrected chi connectivity index (χ1v) is 13.3. The number of carboxylic acid groups (broad SMARTS) is 1. The fraction of sp³-hybridized carbons (Fsp3) is 0.333. The van der Waals surface area contributed by atoms with Crippen molar-refractivity contribution in [2.75, 3.05) is 32.9 Å². The zero-order valence-electron chi connectivity index (χ0n) is 23.4. The second kappa shape index (κ2) is 15.9. The lowest BCUT2D eigenvalue weighted by Crippen LogP contribution is -2.38. The zero-order chi connectivity index (χ0) is 30.5. The number of rotatable bonds is 16. The largest absolute Gasteiger partial charge is 0.494 e. The second-order valence-corrected chi connectivity index (χ2v) is 9.20. The van der Waals surface area contributed by atoms with E-state index in [2.05, 4.69) is 0 Å². The van der Waals surface area contributed by atoms with Gasteiger partial charge in [-0.15, -0.1) is 0 Å². The Kier molecular flexibility index (Phi) is 12.1. The van der Waals surface area contributed by atoms with Crippen LogP contribution in [-0.2, 0) is 16.0 Å². The lowest BCUT2D eigenvalue weighted by atomic mass is 10.1. The number of carbonyl (C=O) groups excluding carboxylic acids is 1. The van der Waals surface area contributed by atoms with Gasteiger partial charge in [0.2, 0.25) is 0 Å². The summed E-state index contributed by atoms with van der Waals surface area (Å²) in [5.74, 6) is -0.373. The fourth-order valence-electron chi connectivity index (χ4n) is 3.91. The number of carbonyl (C=O) groups is 2. The normalized spacial score (nSPS) is 11.4. The van der Waals surface area contributed by atoms with Gasteiger partial charge in [-0.05, 0) is 74.4 Å². The molecule has 0 aliphatic rings. The van der Waals surface area contributed by atoms with Crippen LogP contribution in [-0.4, -0.2) is 66.0 Å². The van der Waals surface area contributed by atoms with E-state index in [1.54, 1.807) is 38.1 Å². The van der Waals surface area contributed by atoms with E-state index in [9.17, 15) is 29.2 Å². The van der Waals surface area contributed by atoms with Crippen LogP contribution in [0.5, 0.6) is 17.2 Å². The van der Waals surface area contributed by atoms with Gasteiger partial charge in [0.1, 0.15) is 29.7 Å².